The predicted molar refractivity (Wildman–Crippen MR) is 47.8 cm³/mol. The Morgan fingerprint density at radius 2 is 2.27 bits per heavy atom. The van der Waals surface area contributed by atoms with Gasteiger partial charge in [0.2, 0.25) is 0 Å². The van der Waals surface area contributed by atoms with Gasteiger partial charge in [0.1, 0.15) is 0 Å². The molecule has 1 fully saturated rings. The lowest BCUT2D eigenvalue weighted by Gasteiger charge is -2.19. The Morgan fingerprint density at radius 3 is 2.82 bits per heavy atom. The first-order valence-corrected chi connectivity index (χ1v) is 4.24. The molecule has 1 aliphatic rings. The fraction of sp³-hybridized carbons (Fsp3) is 0.875. The van der Waals surface area contributed by atoms with Crippen molar-refractivity contribution >= 4 is 6.21 Å². The molecular weight excluding hydrogens is 138 g/mol. The van der Waals surface area contributed by atoms with Gasteiger partial charge in [-0.15, -0.1) is 0 Å². The first kappa shape index (κ1) is 8.53. The second-order valence-electron chi connectivity index (χ2n) is 3.17. The van der Waals surface area contributed by atoms with Crippen LogP contribution >= 0.6 is 0 Å². The van der Waals surface area contributed by atoms with Crippen LogP contribution in [-0.4, -0.2) is 37.9 Å². The van der Waals surface area contributed by atoms with Gasteiger partial charge >= 0.3 is 0 Å². The molecule has 0 radical (unpaired) electrons. The third-order valence-corrected chi connectivity index (χ3v) is 1.83. The van der Waals surface area contributed by atoms with Gasteiger partial charge in [0, 0.05) is 26.4 Å². The number of nitrogens with one attached hydrogen (secondary N) is 1. The minimum absolute atomic E-state index is 0.506. The number of hydrogen-bond acceptors (Lipinski definition) is 3. The third kappa shape index (κ3) is 3.37. The Kier molecular flexibility index (Phi) is 3.36. The van der Waals surface area contributed by atoms with Crippen molar-refractivity contribution < 1.29 is 0 Å². The van der Waals surface area contributed by atoms with Gasteiger partial charge in [-0.1, -0.05) is 6.42 Å². The lowest BCUT2D eigenvalue weighted by atomic mass is 10.1. The van der Waals surface area contributed by atoms with E-state index in [0.29, 0.717) is 6.04 Å². The zero-order chi connectivity index (χ0) is 8.10. The zero-order valence-corrected chi connectivity index (χ0v) is 7.38. The maximum Gasteiger partial charge on any atom is 0.0442 e. The van der Waals surface area contributed by atoms with E-state index in [4.69, 9.17) is 0 Å². The Labute approximate surface area is 68.5 Å². The van der Waals surface area contributed by atoms with Crippen LogP contribution in [0.2, 0.25) is 0 Å². The van der Waals surface area contributed by atoms with Crippen LogP contribution in [0.5, 0.6) is 0 Å². The summed E-state index contributed by atoms with van der Waals surface area (Å²) in [5, 5.41) is 9.42. The van der Waals surface area contributed by atoms with Gasteiger partial charge in [0.15, 0.2) is 0 Å². The molecule has 0 saturated carbocycles. The molecule has 3 heteroatoms. The summed E-state index contributed by atoms with van der Waals surface area (Å²) in [7, 11) is 3.89. The van der Waals surface area contributed by atoms with Crippen molar-refractivity contribution in [2.75, 3.05) is 20.6 Å². The molecule has 1 N–H and O–H groups in total. The third-order valence-electron chi connectivity index (χ3n) is 1.83. The summed E-state index contributed by atoms with van der Waals surface area (Å²) in [5.41, 5.74) is 0. The quantitative estimate of drug-likeness (QED) is 0.469. The number of nitrogens with zero attached hydrogens (tertiary/aromatic N) is 2. The second-order valence-corrected chi connectivity index (χ2v) is 3.17. The van der Waals surface area contributed by atoms with Crippen LogP contribution < -0.4 is 5.32 Å². The van der Waals surface area contributed by atoms with Crippen molar-refractivity contribution in [2.24, 2.45) is 5.10 Å². The van der Waals surface area contributed by atoms with Gasteiger partial charge in [-0.05, 0) is 19.4 Å². The molecule has 0 aromatic carbocycles. The van der Waals surface area contributed by atoms with Gasteiger partial charge in [-0.2, -0.15) is 5.10 Å². The number of hydrogen-bond donors (Lipinski definition) is 1. The highest BCUT2D eigenvalue weighted by molar-refractivity contribution is 5.64. The van der Waals surface area contributed by atoms with E-state index in [1.165, 1.54) is 19.3 Å². The average molecular weight is 155 g/mol. The Bertz CT molecular complexity index is 125. The minimum atomic E-state index is 0.506. The molecule has 1 unspecified atom stereocenters. The van der Waals surface area contributed by atoms with Crippen molar-refractivity contribution in [3.63, 3.8) is 0 Å². The van der Waals surface area contributed by atoms with Crippen molar-refractivity contribution in [1.29, 1.82) is 0 Å². The first-order chi connectivity index (χ1) is 5.29. The van der Waals surface area contributed by atoms with Crippen LogP contribution in [0.4, 0.5) is 0 Å². The van der Waals surface area contributed by atoms with Gasteiger partial charge in [0.25, 0.3) is 0 Å². The van der Waals surface area contributed by atoms with Crippen LogP contribution in [0.25, 0.3) is 0 Å². The number of rotatable bonds is 2. The largest absolute Gasteiger partial charge is 0.309 e. The van der Waals surface area contributed by atoms with E-state index < -0.39 is 0 Å². The zero-order valence-electron chi connectivity index (χ0n) is 7.38. The number of piperidine rings is 1. The lowest BCUT2D eigenvalue weighted by molar-refractivity contribution is 0.426. The first-order valence-electron chi connectivity index (χ1n) is 4.24. The average Bonchev–Trinajstić information content (AvgIpc) is 2.03. The maximum absolute atomic E-state index is 4.19. The maximum atomic E-state index is 4.19. The molecular formula is C8H17N3. The molecule has 0 bridgehead atoms. The van der Waals surface area contributed by atoms with E-state index in [9.17, 15) is 0 Å². The topological polar surface area (TPSA) is 27.6 Å². The predicted octanol–water partition coefficient (Wildman–Crippen LogP) is 0.676. The molecule has 0 aromatic heterocycles. The normalized spacial score (nSPS) is 25.8. The molecule has 1 heterocycles. The summed E-state index contributed by atoms with van der Waals surface area (Å²) in [6.07, 6.45) is 5.87. The Hall–Kier alpha value is -0.570. The minimum Gasteiger partial charge on any atom is -0.309 e. The highest BCUT2D eigenvalue weighted by atomic mass is 15.4. The van der Waals surface area contributed by atoms with E-state index in [1.807, 2.05) is 25.3 Å². The second kappa shape index (κ2) is 4.34. The van der Waals surface area contributed by atoms with Gasteiger partial charge < -0.3 is 10.3 Å². The van der Waals surface area contributed by atoms with Crippen molar-refractivity contribution in [3.8, 4) is 0 Å². The van der Waals surface area contributed by atoms with Crippen molar-refractivity contribution in [3.05, 3.63) is 0 Å². The summed E-state index contributed by atoms with van der Waals surface area (Å²) < 4.78 is 0. The Morgan fingerprint density at radius 1 is 1.45 bits per heavy atom. The highest BCUT2D eigenvalue weighted by Crippen LogP contribution is 2.04. The van der Waals surface area contributed by atoms with E-state index in [-0.39, 0.29) is 0 Å². The summed E-state index contributed by atoms with van der Waals surface area (Å²) in [5.74, 6) is 0. The van der Waals surface area contributed by atoms with Crippen molar-refractivity contribution in [1.82, 2.24) is 10.3 Å². The molecule has 11 heavy (non-hydrogen) atoms. The van der Waals surface area contributed by atoms with Crippen LogP contribution in [-0.2, 0) is 0 Å². The SMILES string of the molecule is CN(C)N=CC1CCCCN1. The lowest BCUT2D eigenvalue weighted by Crippen LogP contribution is -2.35. The highest BCUT2D eigenvalue weighted by Gasteiger charge is 2.08. The van der Waals surface area contributed by atoms with Gasteiger partial charge in [0.05, 0.1) is 0 Å². The molecule has 1 saturated heterocycles. The smallest absolute Gasteiger partial charge is 0.0442 e. The van der Waals surface area contributed by atoms with Crippen LogP contribution in [0.15, 0.2) is 5.10 Å². The van der Waals surface area contributed by atoms with E-state index in [1.54, 1.807) is 0 Å². The summed E-state index contributed by atoms with van der Waals surface area (Å²) in [6, 6.07) is 0.506. The molecule has 1 rings (SSSR count). The van der Waals surface area contributed by atoms with E-state index in [0.717, 1.165) is 6.54 Å². The standard InChI is InChI=1S/C8H17N3/c1-11(2)10-7-8-5-3-4-6-9-8/h7-9H,3-6H2,1-2H3. The molecule has 1 atom stereocenters. The fourth-order valence-corrected chi connectivity index (χ4v) is 1.22. The molecule has 0 aromatic rings. The summed E-state index contributed by atoms with van der Waals surface area (Å²) in [4.78, 5) is 0. The summed E-state index contributed by atoms with van der Waals surface area (Å²) >= 11 is 0. The van der Waals surface area contributed by atoms with Gasteiger partial charge in [-0.25, -0.2) is 0 Å². The molecule has 0 aliphatic carbocycles. The van der Waals surface area contributed by atoms with E-state index in [2.05, 4.69) is 10.4 Å². The van der Waals surface area contributed by atoms with Crippen molar-refractivity contribution in [2.45, 2.75) is 25.3 Å². The van der Waals surface area contributed by atoms with Gasteiger partial charge in [-0.3, -0.25) is 0 Å². The molecule has 1 aliphatic heterocycles. The van der Waals surface area contributed by atoms with Crippen LogP contribution in [0, 0.1) is 0 Å². The molecule has 3 nitrogen and oxygen atoms in total. The van der Waals surface area contributed by atoms with Crippen LogP contribution in [0.3, 0.4) is 0 Å². The monoisotopic (exact) mass is 155 g/mol. The number of hydrazone groups is 1. The Balaban J connectivity index is 2.23. The fourth-order valence-electron chi connectivity index (χ4n) is 1.22. The van der Waals surface area contributed by atoms with E-state index >= 15 is 0 Å². The summed E-state index contributed by atoms with van der Waals surface area (Å²) in [6.45, 7) is 1.14. The van der Waals surface area contributed by atoms with Crippen LogP contribution in [0.1, 0.15) is 19.3 Å². The molecule has 64 valence electrons. The molecule has 0 spiro atoms. The molecule has 0 amide bonds.